The van der Waals surface area contributed by atoms with E-state index in [2.05, 4.69) is 15.9 Å². The highest BCUT2D eigenvalue weighted by Crippen LogP contribution is 2.38. The quantitative estimate of drug-likeness (QED) is 0.505. The molecule has 1 unspecified atom stereocenters. The van der Waals surface area contributed by atoms with Gasteiger partial charge < -0.3 is 18.8 Å². The number of halogens is 1. The van der Waals surface area contributed by atoms with Crippen LogP contribution in [0.1, 0.15) is 41.1 Å². The van der Waals surface area contributed by atoms with Crippen LogP contribution >= 0.6 is 15.9 Å². The summed E-state index contributed by atoms with van der Waals surface area (Å²) in [7, 11) is 1.58. The number of fused-ring (bicyclic) bond motifs is 2. The van der Waals surface area contributed by atoms with E-state index in [9.17, 15) is 9.59 Å². The molecule has 0 saturated heterocycles. The molecule has 7 heteroatoms. The number of nitrogens with zero attached hydrogens (tertiary/aromatic N) is 1. The van der Waals surface area contributed by atoms with Crippen molar-refractivity contribution in [1.82, 2.24) is 4.90 Å². The first-order valence-corrected chi connectivity index (χ1v) is 10.6. The van der Waals surface area contributed by atoms with Gasteiger partial charge in [0, 0.05) is 18.1 Å². The van der Waals surface area contributed by atoms with E-state index in [1.54, 1.807) is 30.2 Å². The van der Waals surface area contributed by atoms with Gasteiger partial charge in [-0.15, -0.1) is 0 Å². The van der Waals surface area contributed by atoms with Crippen molar-refractivity contribution < 1.29 is 18.7 Å². The van der Waals surface area contributed by atoms with Gasteiger partial charge in [-0.25, -0.2) is 0 Å². The summed E-state index contributed by atoms with van der Waals surface area (Å²) in [6.45, 7) is 3.38. The number of carbonyl (C=O) groups excluding carboxylic acids is 1. The largest absolute Gasteiger partial charge is 0.494 e. The van der Waals surface area contributed by atoms with Crippen LogP contribution < -0.4 is 10.2 Å². The molecule has 1 aliphatic rings. The molecule has 0 radical (unpaired) electrons. The minimum Gasteiger partial charge on any atom is -0.494 e. The average Bonchev–Trinajstić information content (AvgIpc) is 3.03. The van der Waals surface area contributed by atoms with Crippen molar-refractivity contribution in [2.24, 2.45) is 0 Å². The van der Waals surface area contributed by atoms with Gasteiger partial charge in [0.05, 0.1) is 30.2 Å². The second-order valence-electron chi connectivity index (χ2n) is 7.13. The zero-order valence-corrected chi connectivity index (χ0v) is 18.4. The Labute approximate surface area is 182 Å². The number of rotatable bonds is 7. The molecule has 0 bridgehead atoms. The van der Waals surface area contributed by atoms with Crippen LogP contribution in [0.4, 0.5) is 0 Å². The third-order valence-electron chi connectivity index (χ3n) is 5.13. The minimum atomic E-state index is -0.539. The van der Waals surface area contributed by atoms with Crippen LogP contribution in [0.15, 0.2) is 56.1 Å². The Balaban J connectivity index is 1.85. The maximum Gasteiger partial charge on any atom is 0.290 e. The standard InChI is InChI=1S/C23H22BrNO5/c1-3-11-29-16-7-4-14(5-8-16)20-19-21(26)17-13-15(24)6-9-18(17)30-22(19)23(27)25(20)10-12-28-2/h4-9,13,20H,3,10-12H2,1-2H3. The van der Waals surface area contributed by atoms with E-state index in [0.29, 0.717) is 36.3 Å². The molecule has 4 rings (SSSR count). The molecule has 156 valence electrons. The summed E-state index contributed by atoms with van der Waals surface area (Å²) in [5.41, 5.74) is 1.38. The third-order valence-corrected chi connectivity index (χ3v) is 5.63. The third kappa shape index (κ3) is 3.63. The molecular weight excluding hydrogens is 450 g/mol. The highest BCUT2D eigenvalue weighted by molar-refractivity contribution is 9.10. The van der Waals surface area contributed by atoms with Crippen LogP contribution in [0.3, 0.4) is 0 Å². The van der Waals surface area contributed by atoms with Gasteiger partial charge in [0.2, 0.25) is 5.76 Å². The van der Waals surface area contributed by atoms with Crippen molar-refractivity contribution in [3.63, 3.8) is 0 Å². The molecule has 1 atom stereocenters. The highest BCUT2D eigenvalue weighted by atomic mass is 79.9. The highest BCUT2D eigenvalue weighted by Gasteiger charge is 2.42. The number of hydrogen-bond acceptors (Lipinski definition) is 5. The molecule has 2 heterocycles. The molecule has 0 N–H and O–H groups in total. The fourth-order valence-corrected chi connectivity index (χ4v) is 4.09. The van der Waals surface area contributed by atoms with Gasteiger partial charge in [-0.2, -0.15) is 0 Å². The predicted octanol–water partition coefficient (Wildman–Crippen LogP) is 4.54. The monoisotopic (exact) mass is 471 g/mol. The number of benzene rings is 2. The van der Waals surface area contributed by atoms with Crippen LogP contribution in [0, 0.1) is 0 Å². The molecule has 0 aliphatic carbocycles. The van der Waals surface area contributed by atoms with Crippen LogP contribution in [-0.4, -0.2) is 37.7 Å². The summed E-state index contributed by atoms with van der Waals surface area (Å²) in [5.74, 6) is 0.547. The van der Waals surface area contributed by atoms with E-state index < -0.39 is 6.04 Å². The van der Waals surface area contributed by atoms with Gasteiger partial charge in [0.25, 0.3) is 5.91 Å². The molecule has 0 spiro atoms. The average molecular weight is 472 g/mol. The van der Waals surface area contributed by atoms with Crippen LogP contribution in [0.2, 0.25) is 0 Å². The van der Waals surface area contributed by atoms with Crippen molar-refractivity contribution >= 4 is 32.8 Å². The lowest BCUT2D eigenvalue weighted by Crippen LogP contribution is -2.32. The van der Waals surface area contributed by atoms with Gasteiger partial charge in [-0.1, -0.05) is 35.0 Å². The zero-order chi connectivity index (χ0) is 21.3. The molecule has 0 saturated carbocycles. The molecule has 2 aromatic carbocycles. The van der Waals surface area contributed by atoms with Gasteiger partial charge in [0.15, 0.2) is 5.43 Å². The second kappa shape index (κ2) is 8.62. The number of amides is 1. The normalized spacial score (nSPS) is 15.6. The van der Waals surface area contributed by atoms with Gasteiger partial charge >= 0.3 is 0 Å². The first kappa shape index (κ1) is 20.6. The van der Waals surface area contributed by atoms with Crippen molar-refractivity contribution in [2.45, 2.75) is 19.4 Å². The molecule has 30 heavy (non-hydrogen) atoms. The van der Waals surface area contributed by atoms with Gasteiger partial charge in [-0.05, 0) is 42.3 Å². The molecule has 3 aromatic rings. The SMILES string of the molecule is CCCOc1ccc(C2c3c(oc4ccc(Br)cc4c3=O)C(=O)N2CCOC)cc1. The zero-order valence-electron chi connectivity index (χ0n) is 16.8. The Morgan fingerprint density at radius 3 is 2.57 bits per heavy atom. The van der Waals surface area contributed by atoms with Gasteiger partial charge in [-0.3, -0.25) is 9.59 Å². The van der Waals surface area contributed by atoms with E-state index in [0.717, 1.165) is 22.2 Å². The Morgan fingerprint density at radius 1 is 1.10 bits per heavy atom. The second-order valence-corrected chi connectivity index (χ2v) is 8.04. The Kier molecular flexibility index (Phi) is 5.92. The molecule has 1 aromatic heterocycles. The summed E-state index contributed by atoms with van der Waals surface area (Å²) in [6, 6.07) is 12.2. The molecule has 0 fully saturated rings. The topological polar surface area (TPSA) is 69.0 Å². The summed E-state index contributed by atoms with van der Waals surface area (Å²) < 4.78 is 17.5. The van der Waals surface area contributed by atoms with Gasteiger partial charge in [0.1, 0.15) is 11.3 Å². The smallest absolute Gasteiger partial charge is 0.290 e. The van der Waals surface area contributed by atoms with Crippen molar-refractivity contribution in [2.75, 3.05) is 26.9 Å². The fraction of sp³-hybridized carbons (Fsp3) is 0.304. The minimum absolute atomic E-state index is 0.0993. The summed E-state index contributed by atoms with van der Waals surface area (Å²) >= 11 is 3.41. The van der Waals surface area contributed by atoms with Crippen molar-refractivity contribution in [3.8, 4) is 5.75 Å². The number of ether oxygens (including phenoxy) is 2. The summed E-state index contributed by atoms with van der Waals surface area (Å²) in [5, 5.41) is 0.442. The van der Waals surface area contributed by atoms with Crippen LogP contribution in [0.25, 0.3) is 11.0 Å². The van der Waals surface area contributed by atoms with Crippen molar-refractivity contribution in [3.05, 3.63) is 74.0 Å². The van der Waals surface area contributed by atoms with Crippen LogP contribution in [0.5, 0.6) is 5.75 Å². The first-order chi connectivity index (χ1) is 14.5. The molecular formula is C23H22BrNO5. The van der Waals surface area contributed by atoms with Crippen LogP contribution in [-0.2, 0) is 4.74 Å². The maximum absolute atomic E-state index is 13.4. The van der Waals surface area contributed by atoms with E-state index in [1.807, 2.05) is 31.2 Å². The van der Waals surface area contributed by atoms with Crippen molar-refractivity contribution in [1.29, 1.82) is 0 Å². The maximum atomic E-state index is 13.4. The van der Waals surface area contributed by atoms with E-state index in [1.165, 1.54) is 0 Å². The Hall–Kier alpha value is -2.64. The summed E-state index contributed by atoms with van der Waals surface area (Å²) in [4.78, 5) is 28.2. The van der Waals surface area contributed by atoms with E-state index in [4.69, 9.17) is 13.9 Å². The fourth-order valence-electron chi connectivity index (χ4n) is 3.73. The number of hydrogen-bond donors (Lipinski definition) is 0. The Bertz CT molecular complexity index is 1140. The molecule has 6 nitrogen and oxygen atoms in total. The number of carbonyl (C=O) groups is 1. The molecule has 1 aliphatic heterocycles. The van der Waals surface area contributed by atoms with E-state index >= 15 is 0 Å². The first-order valence-electron chi connectivity index (χ1n) is 9.84. The Morgan fingerprint density at radius 2 is 1.87 bits per heavy atom. The lowest BCUT2D eigenvalue weighted by Gasteiger charge is -2.25. The summed E-state index contributed by atoms with van der Waals surface area (Å²) in [6.07, 6.45) is 0.917. The number of methoxy groups -OCH3 is 1. The molecule has 1 amide bonds. The van der Waals surface area contributed by atoms with E-state index in [-0.39, 0.29) is 17.1 Å². The lowest BCUT2D eigenvalue weighted by molar-refractivity contribution is 0.0663. The predicted molar refractivity (Wildman–Crippen MR) is 117 cm³/mol. The lowest BCUT2D eigenvalue weighted by atomic mass is 9.98.